The van der Waals surface area contributed by atoms with Gasteiger partial charge in [-0.05, 0) is 56.6 Å². The van der Waals surface area contributed by atoms with Crippen LogP contribution >= 0.6 is 0 Å². The highest BCUT2D eigenvalue weighted by Crippen LogP contribution is 2.32. The molecule has 3 atom stereocenters. The van der Waals surface area contributed by atoms with Gasteiger partial charge in [-0.3, -0.25) is 14.6 Å². The molecule has 1 aromatic carbocycles. The van der Waals surface area contributed by atoms with Crippen LogP contribution in [0.25, 0.3) is 10.9 Å². The highest BCUT2D eigenvalue weighted by atomic mass is 16.5. The van der Waals surface area contributed by atoms with E-state index < -0.39 is 0 Å². The maximum atomic E-state index is 9.48. The van der Waals surface area contributed by atoms with Crippen LogP contribution in [-0.2, 0) is 11.2 Å². The van der Waals surface area contributed by atoms with Crippen molar-refractivity contribution in [1.29, 1.82) is 5.26 Å². The molecule has 0 saturated carbocycles. The van der Waals surface area contributed by atoms with E-state index in [9.17, 15) is 5.26 Å². The number of nitriles is 1. The van der Waals surface area contributed by atoms with Crippen LogP contribution in [0.15, 0.2) is 36.7 Å². The highest BCUT2D eigenvalue weighted by molar-refractivity contribution is 5.95. The van der Waals surface area contributed by atoms with Crippen molar-refractivity contribution < 1.29 is 4.74 Å². The number of rotatable bonds is 4. The summed E-state index contributed by atoms with van der Waals surface area (Å²) in [6.45, 7) is 10.0. The quantitative estimate of drug-likeness (QED) is 0.645. The second kappa shape index (κ2) is 8.66. The molecule has 0 aliphatic carbocycles. The Hall–Kier alpha value is -2.99. The third-order valence-electron chi connectivity index (χ3n) is 7.45. The highest BCUT2D eigenvalue weighted by Gasteiger charge is 2.36. The Morgan fingerprint density at radius 2 is 2.06 bits per heavy atom. The number of benzene rings is 1. The van der Waals surface area contributed by atoms with Gasteiger partial charge in [-0.15, -0.1) is 0 Å². The molecule has 8 nitrogen and oxygen atoms in total. The molecule has 3 aliphatic heterocycles. The van der Waals surface area contributed by atoms with E-state index in [1.54, 1.807) is 6.20 Å². The number of nitrogens with zero attached hydrogens (tertiary/aromatic N) is 6. The number of aromatic nitrogens is 3. The fraction of sp³-hybridized carbons (Fsp3) is 0.500. The van der Waals surface area contributed by atoms with Crippen LogP contribution < -0.4 is 10.2 Å². The molecule has 1 N–H and O–H groups in total. The molecule has 5 heterocycles. The number of morpholine rings is 1. The van der Waals surface area contributed by atoms with Crippen LogP contribution in [-0.4, -0.2) is 71.1 Å². The summed E-state index contributed by atoms with van der Waals surface area (Å²) >= 11 is 0. The number of hydrogen-bond acceptors (Lipinski definition) is 7. The zero-order valence-electron chi connectivity index (χ0n) is 19.8. The largest absolute Gasteiger partial charge is 0.370 e. The summed E-state index contributed by atoms with van der Waals surface area (Å²) in [6, 6.07) is 11.0. The average Bonchev–Trinajstić information content (AvgIpc) is 3.25. The summed E-state index contributed by atoms with van der Waals surface area (Å²) in [6.07, 6.45) is 5.17. The van der Waals surface area contributed by atoms with E-state index in [0.29, 0.717) is 17.6 Å². The summed E-state index contributed by atoms with van der Waals surface area (Å²) in [7, 11) is 0. The molecule has 2 aromatic heterocycles. The Morgan fingerprint density at radius 3 is 2.91 bits per heavy atom. The molecule has 0 radical (unpaired) electrons. The number of pyridine rings is 1. The average molecular weight is 458 g/mol. The van der Waals surface area contributed by atoms with Gasteiger partial charge in [0.05, 0.1) is 41.2 Å². The summed E-state index contributed by atoms with van der Waals surface area (Å²) in [5.41, 5.74) is 5.29. The maximum Gasteiger partial charge on any atom is 0.101 e. The number of nitrogens with one attached hydrogen (secondary N) is 1. The van der Waals surface area contributed by atoms with E-state index in [2.05, 4.69) is 63.0 Å². The van der Waals surface area contributed by atoms with Crippen LogP contribution in [0.2, 0.25) is 0 Å². The van der Waals surface area contributed by atoms with Gasteiger partial charge >= 0.3 is 0 Å². The summed E-state index contributed by atoms with van der Waals surface area (Å²) in [5.74, 6) is 0. The van der Waals surface area contributed by atoms with E-state index in [0.717, 1.165) is 62.3 Å². The van der Waals surface area contributed by atoms with Gasteiger partial charge in [0.2, 0.25) is 0 Å². The lowest BCUT2D eigenvalue weighted by molar-refractivity contribution is -0.0492. The number of anilines is 1. The molecule has 0 spiro atoms. The molecule has 2 saturated heterocycles. The zero-order chi connectivity index (χ0) is 23.2. The van der Waals surface area contributed by atoms with Gasteiger partial charge in [0, 0.05) is 56.0 Å². The van der Waals surface area contributed by atoms with Crippen LogP contribution in [0, 0.1) is 11.3 Å². The lowest BCUT2D eigenvalue weighted by Crippen LogP contribution is -2.56. The molecule has 34 heavy (non-hydrogen) atoms. The fourth-order valence-electron chi connectivity index (χ4n) is 5.89. The van der Waals surface area contributed by atoms with Crippen LogP contribution in [0.3, 0.4) is 0 Å². The van der Waals surface area contributed by atoms with Crippen molar-refractivity contribution in [3.63, 3.8) is 0 Å². The Morgan fingerprint density at radius 1 is 1.18 bits per heavy atom. The van der Waals surface area contributed by atoms with Crippen LogP contribution in [0.4, 0.5) is 5.69 Å². The van der Waals surface area contributed by atoms with Crippen molar-refractivity contribution in [3.05, 3.63) is 53.5 Å². The monoisotopic (exact) mass is 457 g/mol. The van der Waals surface area contributed by atoms with Gasteiger partial charge in [0.25, 0.3) is 0 Å². The number of ether oxygens (including phenoxy) is 1. The van der Waals surface area contributed by atoms with E-state index >= 15 is 0 Å². The van der Waals surface area contributed by atoms with Gasteiger partial charge in [0.1, 0.15) is 6.07 Å². The lowest BCUT2D eigenvalue weighted by atomic mass is 10.0. The van der Waals surface area contributed by atoms with Crippen molar-refractivity contribution in [2.75, 3.05) is 44.2 Å². The first kappa shape index (κ1) is 21.5. The van der Waals surface area contributed by atoms with Gasteiger partial charge in [-0.2, -0.15) is 10.4 Å². The second-order valence-corrected chi connectivity index (χ2v) is 9.92. The summed E-state index contributed by atoms with van der Waals surface area (Å²) in [5, 5.41) is 18.8. The molecular weight excluding hydrogens is 426 g/mol. The molecule has 0 amide bonds. The van der Waals surface area contributed by atoms with Crippen molar-refractivity contribution >= 4 is 16.6 Å². The normalized spacial score (nSPS) is 25.7. The minimum absolute atomic E-state index is 0.138. The van der Waals surface area contributed by atoms with Gasteiger partial charge in [0.15, 0.2) is 0 Å². The first-order valence-electron chi connectivity index (χ1n) is 12.3. The molecule has 2 fully saturated rings. The predicted octanol–water partition coefficient (Wildman–Crippen LogP) is 2.66. The molecule has 176 valence electrons. The van der Waals surface area contributed by atoms with Gasteiger partial charge in [-0.1, -0.05) is 0 Å². The number of fused-ring (bicyclic) bond motifs is 2. The molecule has 2 unspecified atom stereocenters. The first-order valence-corrected chi connectivity index (χ1v) is 12.3. The Bertz CT molecular complexity index is 1240. The molecule has 6 rings (SSSR count). The first-order chi connectivity index (χ1) is 16.6. The number of likely N-dealkylation sites (tertiary alicyclic amines) is 1. The maximum absolute atomic E-state index is 9.48. The fourth-order valence-corrected chi connectivity index (χ4v) is 5.89. The van der Waals surface area contributed by atoms with Crippen molar-refractivity contribution in [2.45, 2.75) is 44.6 Å². The third kappa shape index (κ3) is 3.74. The number of hydrogen-bond donors (Lipinski definition) is 1. The molecule has 3 aliphatic rings. The Kier molecular flexibility index (Phi) is 5.48. The van der Waals surface area contributed by atoms with E-state index in [4.69, 9.17) is 9.84 Å². The van der Waals surface area contributed by atoms with Gasteiger partial charge < -0.3 is 15.0 Å². The van der Waals surface area contributed by atoms with Crippen molar-refractivity contribution in [3.8, 4) is 6.07 Å². The predicted molar refractivity (Wildman–Crippen MR) is 131 cm³/mol. The van der Waals surface area contributed by atoms with Crippen molar-refractivity contribution in [2.24, 2.45) is 0 Å². The molecule has 3 aromatic rings. The van der Waals surface area contributed by atoms with E-state index in [-0.39, 0.29) is 12.2 Å². The van der Waals surface area contributed by atoms with Crippen LogP contribution in [0.5, 0.6) is 0 Å². The topological polar surface area (TPSA) is 82.2 Å². The van der Waals surface area contributed by atoms with E-state index in [1.807, 2.05) is 12.1 Å². The second-order valence-electron chi connectivity index (χ2n) is 9.92. The summed E-state index contributed by atoms with van der Waals surface area (Å²) in [4.78, 5) is 9.37. The van der Waals surface area contributed by atoms with Crippen molar-refractivity contribution in [1.82, 2.24) is 25.0 Å². The Labute approximate surface area is 200 Å². The minimum Gasteiger partial charge on any atom is -0.370 e. The molecular formula is C26H31N7O. The van der Waals surface area contributed by atoms with Crippen LogP contribution in [0.1, 0.15) is 42.8 Å². The SMILES string of the molecule is CC1CN(c2ccc(C#N)c3ncccc23)CC(CN2CC(n3ncc4c3[C@H](C)NCC4)C2)O1. The van der Waals surface area contributed by atoms with E-state index in [1.165, 1.54) is 11.3 Å². The standard InChI is InChI=1S/C26H31N7O/c1-17-12-32(24-6-5-19(10-27)25-23(24)4-3-8-29-25)16-22(34-17)15-31-13-21(14-31)33-26-18(2)28-9-7-20(26)11-30-33/h3-6,8,11,17-18,21-22,28H,7,9,12-16H2,1-2H3/t17?,18-,22?/m0/s1. The smallest absolute Gasteiger partial charge is 0.101 e. The minimum atomic E-state index is 0.138. The Balaban J connectivity index is 1.14. The molecule has 8 heteroatoms. The van der Waals surface area contributed by atoms with Gasteiger partial charge in [-0.25, -0.2) is 0 Å². The third-order valence-corrected chi connectivity index (χ3v) is 7.45. The molecule has 0 bridgehead atoms. The summed E-state index contributed by atoms with van der Waals surface area (Å²) < 4.78 is 8.61. The zero-order valence-corrected chi connectivity index (χ0v) is 19.8. The lowest BCUT2D eigenvalue weighted by Gasteiger charge is -2.45.